The van der Waals surface area contributed by atoms with Crippen molar-refractivity contribution in [1.29, 1.82) is 10.5 Å². The maximum absolute atomic E-state index is 13.4. The lowest BCUT2D eigenvalue weighted by Gasteiger charge is -2.36. The van der Waals surface area contributed by atoms with Gasteiger partial charge in [-0.15, -0.1) is 0 Å². The Balaban J connectivity index is 2.01. The number of allylic oxidation sites excluding steroid dienone is 1. The van der Waals surface area contributed by atoms with E-state index in [1.807, 2.05) is 27.7 Å². The molecule has 1 saturated heterocycles. The Bertz CT molecular complexity index is 1500. The number of nitrogens with zero attached hydrogens (tertiary/aromatic N) is 3. The number of rotatable bonds is 5. The molecule has 0 spiro atoms. The molecule has 0 bridgehead atoms. The second-order valence-corrected chi connectivity index (χ2v) is 10.3. The van der Waals surface area contributed by atoms with Crippen molar-refractivity contribution in [2.24, 2.45) is 5.73 Å². The molecule has 2 aliphatic rings. The third kappa shape index (κ3) is 4.70. The number of benzene rings is 2. The average molecular weight is 540 g/mol. The summed E-state index contributed by atoms with van der Waals surface area (Å²) in [6, 6.07) is 17.6. The van der Waals surface area contributed by atoms with Crippen LogP contribution in [0.15, 0.2) is 71.2 Å². The van der Waals surface area contributed by atoms with E-state index in [0.29, 0.717) is 11.0 Å². The summed E-state index contributed by atoms with van der Waals surface area (Å²) in [7, 11) is 1.50. The molecule has 2 N–H and O–H groups in total. The molecule has 2 heterocycles. The number of anilines is 1. The summed E-state index contributed by atoms with van der Waals surface area (Å²) in [6.45, 7) is 7.60. The van der Waals surface area contributed by atoms with Crippen molar-refractivity contribution in [2.75, 3.05) is 19.1 Å². The lowest BCUT2D eigenvalue weighted by Crippen LogP contribution is -2.42. The van der Waals surface area contributed by atoms with Gasteiger partial charge in [0.2, 0.25) is 0 Å². The maximum Gasteiger partial charge on any atom is 0.494 e. The summed E-state index contributed by atoms with van der Waals surface area (Å²) in [5, 5.41) is 20.1. The van der Waals surface area contributed by atoms with Crippen molar-refractivity contribution in [3.8, 4) is 12.1 Å². The Labute approximate surface area is 233 Å². The molecule has 1 unspecified atom stereocenters. The quantitative estimate of drug-likeness (QED) is 0.443. The van der Waals surface area contributed by atoms with E-state index in [1.165, 1.54) is 25.2 Å². The number of ether oxygens (including phenoxy) is 2. The molecule has 0 saturated carbocycles. The fraction of sp³-hybridized carbons (Fsp3) is 0.310. The van der Waals surface area contributed by atoms with Crippen molar-refractivity contribution in [3.05, 3.63) is 82.3 Å². The van der Waals surface area contributed by atoms with Gasteiger partial charge < -0.3 is 24.5 Å². The van der Waals surface area contributed by atoms with Crippen molar-refractivity contribution in [3.63, 3.8) is 0 Å². The molecule has 1 fully saturated rings. The molecule has 0 radical (unpaired) electrons. The summed E-state index contributed by atoms with van der Waals surface area (Å²) in [5.74, 6) is -2.85. The van der Waals surface area contributed by atoms with Crippen LogP contribution in [0, 0.1) is 22.7 Å². The number of esters is 2. The van der Waals surface area contributed by atoms with Gasteiger partial charge in [-0.2, -0.15) is 10.5 Å². The topological polar surface area (TPSA) is 148 Å². The summed E-state index contributed by atoms with van der Waals surface area (Å²) < 4.78 is 22.5. The van der Waals surface area contributed by atoms with Gasteiger partial charge >= 0.3 is 19.1 Å². The van der Waals surface area contributed by atoms with Gasteiger partial charge in [0.05, 0.1) is 60.2 Å². The molecule has 0 aromatic heterocycles. The molecule has 0 amide bonds. The molecule has 4 rings (SSSR count). The number of methoxy groups -OCH3 is 2. The van der Waals surface area contributed by atoms with Crippen LogP contribution in [0.5, 0.6) is 0 Å². The Hall–Kier alpha value is -4.58. The lowest BCUT2D eigenvalue weighted by atomic mass is 9.77. The van der Waals surface area contributed by atoms with Gasteiger partial charge in [-0.05, 0) is 56.9 Å². The van der Waals surface area contributed by atoms with Crippen LogP contribution in [-0.4, -0.2) is 44.5 Å². The highest BCUT2D eigenvalue weighted by atomic mass is 16.7. The molecule has 2 aliphatic heterocycles. The Kier molecular flexibility index (Phi) is 7.49. The normalized spacial score (nSPS) is 19.6. The molecule has 40 heavy (non-hydrogen) atoms. The van der Waals surface area contributed by atoms with Crippen molar-refractivity contribution >= 4 is 30.2 Å². The predicted octanol–water partition coefficient (Wildman–Crippen LogP) is 2.76. The van der Waals surface area contributed by atoms with E-state index in [0.717, 1.165) is 0 Å². The zero-order chi connectivity index (χ0) is 29.4. The van der Waals surface area contributed by atoms with Gasteiger partial charge in [-0.25, -0.2) is 9.59 Å². The van der Waals surface area contributed by atoms with Crippen molar-refractivity contribution in [2.45, 2.75) is 44.8 Å². The monoisotopic (exact) mass is 540 g/mol. The molecule has 10 nitrogen and oxygen atoms in total. The zero-order valence-electron chi connectivity index (χ0n) is 23.1. The van der Waals surface area contributed by atoms with E-state index in [9.17, 15) is 20.1 Å². The van der Waals surface area contributed by atoms with Crippen molar-refractivity contribution < 1.29 is 28.4 Å². The average Bonchev–Trinajstić information content (AvgIpc) is 3.17. The van der Waals surface area contributed by atoms with Gasteiger partial charge in [0.1, 0.15) is 11.5 Å². The molecule has 11 heteroatoms. The second-order valence-electron chi connectivity index (χ2n) is 10.3. The van der Waals surface area contributed by atoms with E-state index < -0.39 is 36.2 Å². The standard InChI is InChI=1S/C29H29BN4O6/c1-28(2)29(3,4)40-30(39-28)19-12-17(15-31)13-20(14-19)34-24(27(36)38-6)23(26(35)37-5)22(21(16-32)25(34)33)18-10-8-7-9-11-18/h7-14,22H,33H2,1-6H3. The molecule has 2 aromatic rings. The molecular weight excluding hydrogens is 511 g/mol. The Morgan fingerprint density at radius 2 is 1.55 bits per heavy atom. The first-order valence-corrected chi connectivity index (χ1v) is 12.5. The summed E-state index contributed by atoms with van der Waals surface area (Å²) >= 11 is 0. The van der Waals surface area contributed by atoms with Crippen molar-refractivity contribution in [1.82, 2.24) is 0 Å². The number of hydrogen-bond donors (Lipinski definition) is 1. The van der Waals surface area contributed by atoms with Crippen LogP contribution in [0.4, 0.5) is 5.69 Å². The second kappa shape index (κ2) is 10.5. The fourth-order valence-corrected chi connectivity index (χ4v) is 4.73. The molecule has 0 aliphatic carbocycles. The van der Waals surface area contributed by atoms with E-state index in [-0.39, 0.29) is 33.9 Å². The van der Waals surface area contributed by atoms with Crippen LogP contribution < -0.4 is 16.1 Å². The Morgan fingerprint density at radius 3 is 2.08 bits per heavy atom. The van der Waals surface area contributed by atoms with Gasteiger partial charge in [-0.3, -0.25) is 4.90 Å². The van der Waals surface area contributed by atoms with Crippen LogP contribution in [0.2, 0.25) is 0 Å². The maximum atomic E-state index is 13.4. The highest BCUT2D eigenvalue weighted by Gasteiger charge is 2.52. The summed E-state index contributed by atoms with van der Waals surface area (Å²) in [4.78, 5) is 27.9. The Morgan fingerprint density at radius 1 is 0.950 bits per heavy atom. The minimum absolute atomic E-state index is 0.0128. The van der Waals surface area contributed by atoms with Gasteiger partial charge in [-0.1, -0.05) is 30.3 Å². The summed E-state index contributed by atoms with van der Waals surface area (Å²) in [6.07, 6.45) is 0. The number of carbonyl (C=O) groups is 2. The van der Waals surface area contributed by atoms with Crippen LogP contribution in [0.25, 0.3) is 0 Å². The van der Waals surface area contributed by atoms with Crippen LogP contribution in [0.3, 0.4) is 0 Å². The first-order valence-electron chi connectivity index (χ1n) is 12.5. The number of hydrogen-bond acceptors (Lipinski definition) is 10. The first kappa shape index (κ1) is 28.4. The SMILES string of the molecule is COC(=O)C1=C(C(=O)OC)N(c2cc(C#N)cc(B3OC(C)(C)C(C)(C)O3)c2)C(N)=C(C#N)C1c1ccccc1. The first-order chi connectivity index (χ1) is 18.9. The van der Waals surface area contributed by atoms with Crippen LogP contribution >= 0.6 is 0 Å². The molecule has 1 atom stereocenters. The van der Waals surface area contributed by atoms with E-state index in [1.54, 1.807) is 42.5 Å². The third-order valence-corrected chi connectivity index (χ3v) is 7.46. The smallest absolute Gasteiger partial charge is 0.466 e. The third-order valence-electron chi connectivity index (χ3n) is 7.46. The van der Waals surface area contributed by atoms with E-state index >= 15 is 0 Å². The number of nitrogens with two attached hydrogens (primary N) is 1. The number of carbonyl (C=O) groups excluding carboxylic acids is 2. The fourth-order valence-electron chi connectivity index (χ4n) is 4.73. The predicted molar refractivity (Wildman–Crippen MR) is 146 cm³/mol. The minimum atomic E-state index is -1.01. The summed E-state index contributed by atoms with van der Waals surface area (Å²) in [5.41, 5.74) is 6.39. The molecule has 204 valence electrons. The van der Waals surface area contributed by atoms with Gasteiger partial charge in [0.25, 0.3) is 0 Å². The number of nitriles is 2. The van der Waals surface area contributed by atoms with E-state index in [2.05, 4.69) is 12.1 Å². The highest BCUT2D eigenvalue weighted by Crippen LogP contribution is 2.43. The van der Waals surface area contributed by atoms with Gasteiger partial charge in [0.15, 0.2) is 0 Å². The van der Waals surface area contributed by atoms with Crippen LogP contribution in [0.1, 0.15) is 44.7 Å². The highest BCUT2D eigenvalue weighted by molar-refractivity contribution is 6.62. The zero-order valence-corrected chi connectivity index (χ0v) is 23.1. The minimum Gasteiger partial charge on any atom is -0.466 e. The lowest BCUT2D eigenvalue weighted by molar-refractivity contribution is -0.139. The van der Waals surface area contributed by atoms with Gasteiger partial charge in [0, 0.05) is 5.69 Å². The van der Waals surface area contributed by atoms with E-state index in [4.69, 9.17) is 24.5 Å². The van der Waals surface area contributed by atoms with Crippen LogP contribution in [-0.2, 0) is 28.4 Å². The molecule has 2 aromatic carbocycles. The molecular formula is C29H29BN4O6. The largest absolute Gasteiger partial charge is 0.494 e.